The molecular weight excluding hydrogens is 284 g/mol. The lowest BCUT2D eigenvalue weighted by Gasteiger charge is -2.34. The minimum absolute atomic E-state index is 0.0486. The molecule has 0 bridgehead atoms. The van der Waals surface area contributed by atoms with Crippen molar-refractivity contribution >= 4 is 5.91 Å². The van der Waals surface area contributed by atoms with Crippen LogP contribution < -0.4 is 5.32 Å². The van der Waals surface area contributed by atoms with Crippen molar-refractivity contribution in [2.75, 3.05) is 26.8 Å². The van der Waals surface area contributed by atoms with E-state index in [1.807, 2.05) is 13.8 Å². The number of amides is 1. The van der Waals surface area contributed by atoms with Crippen LogP contribution in [0.25, 0.3) is 0 Å². The Morgan fingerprint density at radius 1 is 1.41 bits per heavy atom. The second-order valence-corrected chi connectivity index (χ2v) is 6.13. The molecule has 2 rings (SSSR count). The molecule has 0 spiro atoms. The molecule has 1 amide bonds. The Hall–Kier alpha value is -1.47. The lowest BCUT2D eigenvalue weighted by Crippen LogP contribution is -2.46. The van der Waals surface area contributed by atoms with Gasteiger partial charge in [-0.3, -0.25) is 9.69 Å². The maximum absolute atomic E-state index is 11.5. The molecule has 1 fully saturated rings. The molecule has 7 heteroatoms. The Kier molecular flexibility index (Phi) is 5.90. The highest BCUT2D eigenvalue weighted by Crippen LogP contribution is 2.24. The summed E-state index contributed by atoms with van der Waals surface area (Å²) in [6.07, 6.45) is 1.84. The molecule has 0 aliphatic carbocycles. The topological polar surface area (TPSA) is 80.5 Å². The minimum atomic E-state index is -0.0486. The van der Waals surface area contributed by atoms with Gasteiger partial charge in [0, 0.05) is 32.2 Å². The zero-order chi connectivity index (χ0) is 16.1. The third-order valence-corrected chi connectivity index (χ3v) is 4.05. The van der Waals surface area contributed by atoms with Crippen LogP contribution in [0, 0.1) is 0 Å². The van der Waals surface area contributed by atoms with E-state index >= 15 is 0 Å². The van der Waals surface area contributed by atoms with E-state index in [0.717, 1.165) is 31.8 Å². The van der Waals surface area contributed by atoms with Crippen LogP contribution in [-0.2, 0) is 9.53 Å². The van der Waals surface area contributed by atoms with E-state index in [-0.39, 0.29) is 30.5 Å². The number of nitrogens with one attached hydrogen (secondary N) is 1. The number of carbonyl (C=O) groups excluding carboxylic acids is 1. The molecule has 2 heterocycles. The van der Waals surface area contributed by atoms with Crippen molar-refractivity contribution in [2.45, 2.75) is 51.6 Å². The van der Waals surface area contributed by atoms with Crippen molar-refractivity contribution in [3.8, 4) is 0 Å². The van der Waals surface area contributed by atoms with E-state index in [9.17, 15) is 4.79 Å². The largest absolute Gasteiger partial charge is 0.375 e. The average molecular weight is 310 g/mol. The highest BCUT2D eigenvalue weighted by molar-refractivity contribution is 5.77. The predicted octanol–water partition coefficient (Wildman–Crippen LogP) is 1.48. The molecule has 7 nitrogen and oxygen atoms in total. The highest BCUT2D eigenvalue weighted by Gasteiger charge is 2.27. The van der Waals surface area contributed by atoms with Gasteiger partial charge in [-0.05, 0) is 19.8 Å². The van der Waals surface area contributed by atoms with Gasteiger partial charge in [-0.2, -0.15) is 4.98 Å². The monoisotopic (exact) mass is 310 g/mol. The Morgan fingerprint density at radius 3 is 2.64 bits per heavy atom. The van der Waals surface area contributed by atoms with Crippen LogP contribution in [-0.4, -0.2) is 53.8 Å². The fourth-order valence-electron chi connectivity index (χ4n) is 2.64. The molecular formula is C15H26N4O3. The van der Waals surface area contributed by atoms with Crippen molar-refractivity contribution in [1.82, 2.24) is 20.4 Å². The van der Waals surface area contributed by atoms with Gasteiger partial charge in [0.2, 0.25) is 11.8 Å². The summed E-state index contributed by atoms with van der Waals surface area (Å²) in [5.41, 5.74) is 0. The van der Waals surface area contributed by atoms with Crippen LogP contribution in [0.2, 0.25) is 0 Å². The van der Waals surface area contributed by atoms with Crippen LogP contribution in [0.3, 0.4) is 0 Å². The van der Waals surface area contributed by atoms with Gasteiger partial charge in [0.1, 0.15) is 6.61 Å². The Labute approximate surface area is 131 Å². The van der Waals surface area contributed by atoms with Crippen LogP contribution in [0.1, 0.15) is 57.3 Å². The first kappa shape index (κ1) is 16.9. The van der Waals surface area contributed by atoms with Gasteiger partial charge in [-0.15, -0.1) is 0 Å². The fraction of sp³-hybridized carbons (Fsp3) is 0.800. The van der Waals surface area contributed by atoms with Gasteiger partial charge in [-0.1, -0.05) is 19.0 Å². The second kappa shape index (κ2) is 7.69. The van der Waals surface area contributed by atoms with E-state index < -0.39 is 0 Å². The Balaban J connectivity index is 1.84. The molecule has 124 valence electrons. The summed E-state index contributed by atoms with van der Waals surface area (Å²) in [6, 6.07) is 0.329. The summed E-state index contributed by atoms with van der Waals surface area (Å²) in [6.45, 7) is 8.11. The Bertz CT molecular complexity index is 481. The lowest BCUT2D eigenvalue weighted by atomic mass is 10.0. The quantitative estimate of drug-likeness (QED) is 0.857. The van der Waals surface area contributed by atoms with E-state index in [1.54, 1.807) is 0 Å². The van der Waals surface area contributed by atoms with Gasteiger partial charge in [0.05, 0.1) is 6.04 Å². The number of nitrogens with zero attached hydrogens (tertiary/aromatic N) is 3. The molecule has 0 saturated carbocycles. The predicted molar refractivity (Wildman–Crippen MR) is 81.4 cm³/mol. The third kappa shape index (κ3) is 4.27. The molecule has 0 aromatic carbocycles. The molecule has 1 aliphatic heterocycles. The van der Waals surface area contributed by atoms with Gasteiger partial charge in [0.15, 0.2) is 5.82 Å². The molecule has 1 atom stereocenters. The molecule has 1 aliphatic rings. The Morgan fingerprint density at radius 2 is 2.09 bits per heavy atom. The van der Waals surface area contributed by atoms with Gasteiger partial charge < -0.3 is 14.6 Å². The first-order valence-corrected chi connectivity index (χ1v) is 7.87. The SMILES string of the molecule is COCC(=O)NC1CCN([C@@H](C)c2nc(C(C)C)no2)CC1. The number of rotatable bonds is 6. The molecule has 1 N–H and O–H groups in total. The first-order chi connectivity index (χ1) is 10.5. The smallest absolute Gasteiger partial charge is 0.246 e. The minimum Gasteiger partial charge on any atom is -0.375 e. The van der Waals surface area contributed by atoms with Gasteiger partial charge >= 0.3 is 0 Å². The van der Waals surface area contributed by atoms with Crippen molar-refractivity contribution in [3.05, 3.63) is 11.7 Å². The van der Waals surface area contributed by atoms with Gasteiger partial charge in [0.25, 0.3) is 0 Å². The third-order valence-electron chi connectivity index (χ3n) is 4.05. The van der Waals surface area contributed by atoms with Gasteiger partial charge in [-0.25, -0.2) is 0 Å². The summed E-state index contributed by atoms with van der Waals surface area (Å²) in [5, 5.41) is 7.02. The number of hydrogen-bond donors (Lipinski definition) is 1. The summed E-state index contributed by atoms with van der Waals surface area (Å²) >= 11 is 0. The molecule has 0 radical (unpaired) electrons. The molecule has 1 saturated heterocycles. The first-order valence-electron chi connectivity index (χ1n) is 7.87. The van der Waals surface area contributed by atoms with E-state index in [4.69, 9.17) is 9.26 Å². The number of hydrogen-bond acceptors (Lipinski definition) is 6. The number of likely N-dealkylation sites (tertiary alicyclic amines) is 1. The maximum atomic E-state index is 11.5. The molecule has 22 heavy (non-hydrogen) atoms. The maximum Gasteiger partial charge on any atom is 0.246 e. The second-order valence-electron chi connectivity index (χ2n) is 6.13. The summed E-state index contributed by atoms with van der Waals surface area (Å²) in [5.74, 6) is 1.65. The molecule has 1 aromatic rings. The van der Waals surface area contributed by atoms with E-state index in [1.165, 1.54) is 7.11 Å². The standard InChI is InChI=1S/C15H26N4O3/c1-10(2)14-17-15(22-18-14)11(3)19-7-5-12(6-8-19)16-13(20)9-21-4/h10-12H,5-9H2,1-4H3,(H,16,20)/t11-/m0/s1. The summed E-state index contributed by atoms with van der Waals surface area (Å²) in [7, 11) is 1.53. The zero-order valence-corrected chi connectivity index (χ0v) is 13.8. The number of aromatic nitrogens is 2. The van der Waals surface area contributed by atoms with E-state index in [2.05, 4.69) is 27.3 Å². The lowest BCUT2D eigenvalue weighted by molar-refractivity contribution is -0.125. The number of piperidine rings is 1. The number of methoxy groups -OCH3 is 1. The summed E-state index contributed by atoms with van der Waals surface area (Å²) in [4.78, 5) is 18.3. The molecule has 0 unspecified atom stereocenters. The highest BCUT2D eigenvalue weighted by atomic mass is 16.5. The van der Waals surface area contributed by atoms with Crippen molar-refractivity contribution in [1.29, 1.82) is 0 Å². The van der Waals surface area contributed by atoms with Crippen LogP contribution in [0.5, 0.6) is 0 Å². The summed E-state index contributed by atoms with van der Waals surface area (Å²) < 4.78 is 10.2. The molecule has 1 aromatic heterocycles. The van der Waals surface area contributed by atoms with Crippen LogP contribution in [0.15, 0.2) is 4.52 Å². The van der Waals surface area contributed by atoms with Crippen molar-refractivity contribution in [2.24, 2.45) is 0 Å². The average Bonchev–Trinajstić information content (AvgIpc) is 2.97. The van der Waals surface area contributed by atoms with E-state index in [0.29, 0.717) is 5.89 Å². The number of ether oxygens (including phenoxy) is 1. The van der Waals surface area contributed by atoms with Crippen LogP contribution >= 0.6 is 0 Å². The number of carbonyl (C=O) groups is 1. The normalized spacial score (nSPS) is 18.6. The van der Waals surface area contributed by atoms with Crippen LogP contribution in [0.4, 0.5) is 0 Å². The van der Waals surface area contributed by atoms with Crippen molar-refractivity contribution < 1.29 is 14.1 Å². The van der Waals surface area contributed by atoms with Crippen molar-refractivity contribution in [3.63, 3.8) is 0 Å². The fourth-order valence-corrected chi connectivity index (χ4v) is 2.64. The zero-order valence-electron chi connectivity index (χ0n) is 13.8.